The minimum absolute atomic E-state index is 0.370. The molecule has 1 aromatic carbocycles. The van der Waals surface area contributed by atoms with E-state index in [2.05, 4.69) is 29.0 Å². The van der Waals surface area contributed by atoms with E-state index in [4.69, 9.17) is 10.3 Å². The van der Waals surface area contributed by atoms with Crippen LogP contribution in [0.15, 0.2) is 16.7 Å². The Balaban J connectivity index is 2.34. The SMILES string of the molecule is CC(C)c1nc2cc3c(N)noc3cc2[nH]1. The lowest BCUT2D eigenvalue weighted by atomic mass is 10.2. The minimum atomic E-state index is 0.370. The van der Waals surface area contributed by atoms with Crippen LogP contribution < -0.4 is 5.73 Å². The predicted octanol–water partition coefficient (Wildman–Crippen LogP) is 2.41. The van der Waals surface area contributed by atoms with Gasteiger partial charge in [-0.05, 0) is 6.07 Å². The maximum atomic E-state index is 5.69. The third kappa shape index (κ3) is 1.18. The summed E-state index contributed by atoms with van der Waals surface area (Å²) in [6.07, 6.45) is 0. The minimum Gasteiger partial charge on any atom is -0.380 e. The fourth-order valence-corrected chi connectivity index (χ4v) is 1.75. The number of hydrogen-bond donors (Lipinski definition) is 2. The second-order valence-corrected chi connectivity index (χ2v) is 4.21. The van der Waals surface area contributed by atoms with Crippen LogP contribution >= 0.6 is 0 Å². The number of hydrogen-bond acceptors (Lipinski definition) is 4. The average Bonchev–Trinajstić information content (AvgIpc) is 2.80. The molecule has 0 bridgehead atoms. The maximum absolute atomic E-state index is 5.69. The van der Waals surface area contributed by atoms with Crippen molar-refractivity contribution in [3.8, 4) is 0 Å². The quantitative estimate of drug-likeness (QED) is 0.654. The monoisotopic (exact) mass is 216 g/mol. The van der Waals surface area contributed by atoms with E-state index in [0.717, 1.165) is 22.2 Å². The van der Waals surface area contributed by atoms with Gasteiger partial charge in [0.1, 0.15) is 5.82 Å². The topological polar surface area (TPSA) is 80.7 Å². The molecule has 3 rings (SSSR count). The van der Waals surface area contributed by atoms with Crippen molar-refractivity contribution < 1.29 is 4.52 Å². The highest BCUT2D eigenvalue weighted by Gasteiger charge is 2.11. The van der Waals surface area contributed by atoms with Crippen molar-refractivity contribution in [1.29, 1.82) is 0 Å². The van der Waals surface area contributed by atoms with Crippen LogP contribution in [0, 0.1) is 0 Å². The third-order valence-corrected chi connectivity index (χ3v) is 2.67. The number of anilines is 1. The summed E-state index contributed by atoms with van der Waals surface area (Å²) in [7, 11) is 0. The Bertz CT molecular complexity index is 665. The molecule has 0 spiro atoms. The molecule has 3 aromatic rings. The van der Waals surface area contributed by atoms with Crippen molar-refractivity contribution in [3.05, 3.63) is 18.0 Å². The summed E-state index contributed by atoms with van der Waals surface area (Å²) >= 11 is 0. The van der Waals surface area contributed by atoms with Crippen LogP contribution in [0.3, 0.4) is 0 Å². The lowest BCUT2D eigenvalue weighted by molar-refractivity contribution is 0.460. The van der Waals surface area contributed by atoms with Gasteiger partial charge in [0.25, 0.3) is 0 Å². The normalized spacial score (nSPS) is 11.9. The molecule has 0 aliphatic rings. The first kappa shape index (κ1) is 9.21. The number of aromatic amines is 1. The standard InChI is InChI=1S/C11H12N4O/c1-5(2)11-13-7-3-6-9(4-8(7)14-11)16-15-10(6)12/h3-5H,1-2H3,(H2,12,15)(H,13,14). The van der Waals surface area contributed by atoms with Crippen LogP contribution in [0.1, 0.15) is 25.6 Å². The van der Waals surface area contributed by atoms with Gasteiger partial charge in [-0.25, -0.2) is 4.98 Å². The van der Waals surface area contributed by atoms with Crippen LogP contribution in [0.25, 0.3) is 22.0 Å². The molecule has 0 saturated carbocycles. The predicted molar refractivity (Wildman–Crippen MR) is 62.2 cm³/mol. The number of nitrogens with one attached hydrogen (secondary N) is 1. The largest absolute Gasteiger partial charge is 0.380 e. The van der Waals surface area contributed by atoms with Gasteiger partial charge in [-0.15, -0.1) is 0 Å². The lowest BCUT2D eigenvalue weighted by Crippen LogP contribution is -1.88. The van der Waals surface area contributed by atoms with Gasteiger partial charge in [0.2, 0.25) is 0 Å². The fourth-order valence-electron chi connectivity index (χ4n) is 1.75. The van der Waals surface area contributed by atoms with E-state index in [0.29, 0.717) is 17.3 Å². The second kappa shape index (κ2) is 2.98. The summed E-state index contributed by atoms with van der Waals surface area (Å²) in [6.45, 7) is 4.19. The van der Waals surface area contributed by atoms with Crippen LogP contribution in [-0.4, -0.2) is 15.1 Å². The average molecular weight is 216 g/mol. The lowest BCUT2D eigenvalue weighted by Gasteiger charge is -1.95. The molecule has 3 N–H and O–H groups in total. The highest BCUT2D eigenvalue weighted by molar-refractivity contribution is 5.97. The number of rotatable bonds is 1. The van der Waals surface area contributed by atoms with Gasteiger partial charge in [0.15, 0.2) is 11.4 Å². The highest BCUT2D eigenvalue weighted by atomic mass is 16.5. The molecular weight excluding hydrogens is 204 g/mol. The molecule has 0 aliphatic heterocycles. The van der Waals surface area contributed by atoms with Crippen LogP contribution in [-0.2, 0) is 0 Å². The zero-order valence-electron chi connectivity index (χ0n) is 9.11. The van der Waals surface area contributed by atoms with E-state index < -0.39 is 0 Å². The first-order valence-electron chi connectivity index (χ1n) is 5.19. The maximum Gasteiger partial charge on any atom is 0.174 e. The summed E-state index contributed by atoms with van der Waals surface area (Å²) in [5.74, 6) is 1.74. The van der Waals surface area contributed by atoms with Crippen molar-refractivity contribution >= 4 is 27.8 Å². The van der Waals surface area contributed by atoms with E-state index in [-0.39, 0.29) is 0 Å². The summed E-state index contributed by atoms with van der Waals surface area (Å²) < 4.78 is 5.10. The van der Waals surface area contributed by atoms with Gasteiger partial charge in [-0.1, -0.05) is 19.0 Å². The molecule has 0 amide bonds. The van der Waals surface area contributed by atoms with E-state index in [1.54, 1.807) is 0 Å². The Morgan fingerprint density at radius 2 is 2.19 bits per heavy atom. The van der Waals surface area contributed by atoms with Crippen molar-refractivity contribution in [2.75, 3.05) is 5.73 Å². The van der Waals surface area contributed by atoms with Crippen molar-refractivity contribution in [2.45, 2.75) is 19.8 Å². The molecule has 0 fully saturated rings. The summed E-state index contributed by atoms with van der Waals surface area (Å²) in [5.41, 5.74) is 8.22. The molecule has 5 heteroatoms. The second-order valence-electron chi connectivity index (χ2n) is 4.21. The van der Waals surface area contributed by atoms with Gasteiger partial charge in [0, 0.05) is 12.0 Å². The third-order valence-electron chi connectivity index (χ3n) is 2.67. The van der Waals surface area contributed by atoms with Crippen LogP contribution in [0.4, 0.5) is 5.82 Å². The Labute approximate surface area is 91.6 Å². The summed E-state index contributed by atoms with van der Waals surface area (Å²) in [6, 6.07) is 3.78. The molecule has 2 heterocycles. The number of nitrogens with two attached hydrogens (primary N) is 1. The van der Waals surface area contributed by atoms with Crippen molar-refractivity contribution in [1.82, 2.24) is 15.1 Å². The van der Waals surface area contributed by atoms with Gasteiger partial charge < -0.3 is 15.2 Å². The molecule has 0 radical (unpaired) electrons. The van der Waals surface area contributed by atoms with E-state index in [9.17, 15) is 0 Å². The number of nitrogens with zero attached hydrogens (tertiary/aromatic N) is 2. The van der Waals surface area contributed by atoms with Crippen molar-refractivity contribution in [2.24, 2.45) is 0 Å². The number of aromatic nitrogens is 3. The number of benzene rings is 1. The van der Waals surface area contributed by atoms with E-state index in [1.165, 1.54) is 0 Å². The molecule has 0 saturated heterocycles. The molecule has 0 atom stereocenters. The molecular formula is C11H12N4O. The summed E-state index contributed by atoms with van der Waals surface area (Å²) in [5, 5.41) is 4.53. The van der Waals surface area contributed by atoms with Gasteiger partial charge in [-0.2, -0.15) is 0 Å². The van der Waals surface area contributed by atoms with Gasteiger partial charge in [-0.3, -0.25) is 0 Å². The molecule has 2 aromatic heterocycles. The smallest absolute Gasteiger partial charge is 0.174 e. The number of imidazole rings is 1. The van der Waals surface area contributed by atoms with Crippen molar-refractivity contribution in [3.63, 3.8) is 0 Å². The summed E-state index contributed by atoms with van der Waals surface area (Å²) in [4.78, 5) is 7.76. The Morgan fingerprint density at radius 3 is 2.94 bits per heavy atom. The van der Waals surface area contributed by atoms with Gasteiger partial charge in [0.05, 0.1) is 16.4 Å². The Hall–Kier alpha value is -2.04. The zero-order chi connectivity index (χ0) is 11.3. The van der Waals surface area contributed by atoms with Gasteiger partial charge >= 0.3 is 0 Å². The van der Waals surface area contributed by atoms with E-state index in [1.807, 2.05) is 12.1 Å². The number of H-pyrrole nitrogens is 1. The zero-order valence-corrected chi connectivity index (χ0v) is 9.11. The first-order chi connectivity index (χ1) is 7.65. The first-order valence-corrected chi connectivity index (χ1v) is 5.19. The molecule has 5 nitrogen and oxygen atoms in total. The Kier molecular flexibility index (Phi) is 1.71. The number of fused-ring (bicyclic) bond motifs is 2. The number of nitrogen functional groups attached to an aromatic ring is 1. The molecule has 16 heavy (non-hydrogen) atoms. The fraction of sp³-hybridized carbons (Fsp3) is 0.273. The highest BCUT2D eigenvalue weighted by Crippen LogP contribution is 2.26. The van der Waals surface area contributed by atoms with Crippen LogP contribution in [0.2, 0.25) is 0 Å². The molecule has 0 aliphatic carbocycles. The molecule has 82 valence electrons. The van der Waals surface area contributed by atoms with Crippen LogP contribution in [0.5, 0.6) is 0 Å². The van der Waals surface area contributed by atoms with E-state index >= 15 is 0 Å². The molecule has 0 unspecified atom stereocenters. The Morgan fingerprint density at radius 1 is 1.38 bits per heavy atom.